The molecule has 0 aliphatic heterocycles. The van der Waals surface area contributed by atoms with Crippen LogP contribution in [0, 0.1) is 13.8 Å². The summed E-state index contributed by atoms with van der Waals surface area (Å²) in [6, 6.07) is 1.75. The lowest BCUT2D eigenvalue weighted by Crippen LogP contribution is -2.30. The zero-order valence-corrected chi connectivity index (χ0v) is 15.3. The Hall–Kier alpha value is -2.94. The first kappa shape index (κ1) is 17.9. The molecule has 0 fully saturated rings. The summed E-state index contributed by atoms with van der Waals surface area (Å²) in [5.41, 5.74) is 1.57. The van der Waals surface area contributed by atoms with E-state index in [0.717, 1.165) is 10.7 Å². The van der Waals surface area contributed by atoms with Crippen molar-refractivity contribution in [3.63, 3.8) is 0 Å². The SMILES string of the molecule is Cc1nc(C)c(CC(=O)NCCc2csc(-c3ncccn3)n2)c(=O)[nH]1. The van der Waals surface area contributed by atoms with Gasteiger partial charge < -0.3 is 10.3 Å². The Morgan fingerprint density at radius 2 is 2.00 bits per heavy atom. The van der Waals surface area contributed by atoms with E-state index in [0.29, 0.717) is 35.9 Å². The summed E-state index contributed by atoms with van der Waals surface area (Å²) < 4.78 is 0. The van der Waals surface area contributed by atoms with Gasteiger partial charge in [0.05, 0.1) is 12.1 Å². The van der Waals surface area contributed by atoms with Gasteiger partial charge in [0.1, 0.15) is 5.82 Å². The summed E-state index contributed by atoms with van der Waals surface area (Å²) >= 11 is 1.47. The fraction of sp³-hybridized carbons (Fsp3) is 0.294. The van der Waals surface area contributed by atoms with Gasteiger partial charge in [-0.25, -0.2) is 19.9 Å². The second-order valence-electron chi connectivity index (χ2n) is 5.71. The third-order valence-electron chi connectivity index (χ3n) is 3.69. The van der Waals surface area contributed by atoms with E-state index in [1.165, 1.54) is 11.3 Å². The highest BCUT2D eigenvalue weighted by atomic mass is 32.1. The van der Waals surface area contributed by atoms with Gasteiger partial charge in [-0.1, -0.05) is 0 Å². The highest BCUT2D eigenvalue weighted by Gasteiger charge is 2.12. The van der Waals surface area contributed by atoms with E-state index in [2.05, 4.69) is 30.2 Å². The van der Waals surface area contributed by atoms with Crippen LogP contribution in [0.5, 0.6) is 0 Å². The quantitative estimate of drug-likeness (QED) is 0.674. The third-order valence-corrected chi connectivity index (χ3v) is 4.58. The number of nitrogens with one attached hydrogen (secondary N) is 2. The highest BCUT2D eigenvalue weighted by Crippen LogP contribution is 2.19. The van der Waals surface area contributed by atoms with Gasteiger partial charge in [0, 0.05) is 42.0 Å². The van der Waals surface area contributed by atoms with Crippen LogP contribution in [0.25, 0.3) is 10.8 Å². The topological polar surface area (TPSA) is 114 Å². The number of aromatic amines is 1. The first-order chi connectivity index (χ1) is 12.5. The number of thiazole rings is 1. The minimum atomic E-state index is -0.267. The molecule has 0 aliphatic rings. The second-order valence-corrected chi connectivity index (χ2v) is 6.57. The predicted molar refractivity (Wildman–Crippen MR) is 97.9 cm³/mol. The maximum atomic E-state index is 12.1. The van der Waals surface area contributed by atoms with E-state index < -0.39 is 0 Å². The van der Waals surface area contributed by atoms with E-state index in [1.54, 1.807) is 32.3 Å². The van der Waals surface area contributed by atoms with Crippen molar-refractivity contribution in [1.82, 2.24) is 30.2 Å². The molecule has 0 radical (unpaired) electrons. The molecule has 0 atom stereocenters. The fourth-order valence-electron chi connectivity index (χ4n) is 2.45. The van der Waals surface area contributed by atoms with Crippen molar-refractivity contribution in [2.24, 2.45) is 0 Å². The van der Waals surface area contributed by atoms with Crippen LogP contribution in [0.4, 0.5) is 0 Å². The van der Waals surface area contributed by atoms with Crippen molar-refractivity contribution in [2.45, 2.75) is 26.7 Å². The van der Waals surface area contributed by atoms with Gasteiger partial charge in [-0.2, -0.15) is 0 Å². The summed E-state index contributed by atoms with van der Waals surface area (Å²) in [5.74, 6) is 0.916. The third kappa shape index (κ3) is 4.37. The van der Waals surface area contributed by atoms with Crippen molar-refractivity contribution >= 4 is 17.2 Å². The predicted octanol–water partition coefficient (Wildman–Crippen LogP) is 1.20. The molecule has 1 amide bonds. The number of aryl methyl sites for hydroxylation is 2. The Labute approximate surface area is 153 Å². The molecule has 3 aromatic heterocycles. The van der Waals surface area contributed by atoms with E-state index in [1.807, 2.05) is 5.38 Å². The zero-order valence-electron chi connectivity index (χ0n) is 14.4. The Bertz CT molecular complexity index is 967. The average molecular weight is 370 g/mol. The van der Waals surface area contributed by atoms with E-state index >= 15 is 0 Å². The summed E-state index contributed by atoms with van der Waals surface area (Å²) in [4.78, 5) is 43.6. The van der Waals surface area contributed by atoms with Crippen LogP contribution in [0.1, 0.15) is 22.8 Å². The molecule has 3 heterocycles. The number of H-pyrrole nitrogens is 1. The van der Waals surface area contributed by atoms with Gasteiger partial charge in [0.2, 0.25) is 5.91 Å². The summed E-state index contributed by atoms with van der Waals surface area (Å²) in [7, 11) is 0. The van der Waals surface area contributed by atoms with Crippen LogP contribution in [-0.4, -0.2) is 37.4 Å². The molecule has 3 aromatic rings. The number of amides is 1. The highest BCUT2D eigenvalue weighted by molar-refractivity contribution is 7.13. The Morgan fingerprint density at radius 3 is 2.73 bits per heavy atom. The molecule has 0 saturated carbocycles. The van der Waals surface area contributed by atoms with Crippen molar-refractivity contribution in [3.05, 3.63) is 57.0 Å². The molecule has 26 heavy (non-hydrogen) atoms. The molecule has 0 spiro atoms. The van der Waals surface area contributed by atoms with E-state index in [4.69, 9.17) is 0 Å². The van der Waals surface area contributed by atoms with Gasteiger partial charge in [0.15, 0.2) is 10.8 Å². The number of hydrogen-bond donors (Lipinski definition) is 2. The first-order valence-electron chi connectivity index (χ1n) is 8.08. The van der Waals surface area contributed by atoms with E-state index in [-0.39, 0.29) is 17.9 Å². The van der Waals surface area contributed by atoms with Gasteiger partial charge in [-0.15, -0.1) is 11.3 Å². The number of rotatable bonds is 6. The molecule has 0 saturated heterocycles. The first-order valence-corrected chi connectivity index (χ1v) is 8.96. The summed E-state index contributed by atoms with van der Waals surface area (Å²) in [6.07, 6.45) is 3.95. The van der Waals surface area contributed by atoms with Gasteiger partial charge in [-0.05, 0) is 19.9 Å². The Morgan fingerprint density at radius 1 is 1.23 bits per heavy atom. The van der Waals surface area contributed by atoms with Crippen LogP contribution in [0.2, 0.25) is 0 Å². The second kappa shape index (κ2) is 7.96. The molecule has 2 N–H and O–H groups in total. The van der Waals surface area contributed by atoms with Gasteiger partial charge in [0.25, 0.3) is 5.56 Å². The summed E-state index contributed by atoms with van der Waals surface area (Å²) in [6.45, 7) is 3.88. The molecule has 0 bridgehead atoms. The molecule has 3 rings (SSSR count). The minimum Gasteiger partial charge on any atom is -0.355 e. The van der Waals surface area contributed by atoms with Crippen molar-refractivity contribution in [1.29, 1.82) is 0 Å². The van der Waals surface area contributed by atoms with E-state index in [9.17, 15) is 9.59 Å². The maximum Gasteiger partial charge on any atom is 0.254 e. The molecular weight excluding hydrogens is 352 g/mol. The lowest BCUT2D eigenvalue weighted by atomic mass is 10.1. The monoisotopic (exact) mass is 370 g/mol. The van der Waals surface area contributed by atoms with Crippen molar-refractivity contribution in [2.75, 3.05) is 6.54 Å². The maximum absolute atomic E-state index is 12.1. The van der Waals surface area contributed by atoms with Crippen LogP contribution < -0.4 is 10.9 Å². The van der Waals surface area contributed by atoms with Gasteiger partial charge in [-0.3, -0.25) is 9.59 Å². The average Bonchev–Trinajstić information content (AvgIpc) is 3.08. The number of carbonyl (C=O) groups is 1. The largest absolute Gasteiger partial charge is 0.355 e. The molecule has 0 unspecified atom stereocenters. The van der Waals surface area contributed by atoms with Crippen molar-refractivity contribution in [3.8, 4) is 10.8 Å². The number of aromatic nitrogens is 5. The number of carbonyl (C=O) groups excluding carboxylic acids is 1. The molecule has 0 aliphatic carbocycles. The Balaban J connectivity index is 1.53. The lowest BCUT2D eigenvalue weighted by Gasteiger charge is -2.06. The molecule has 0 aromatic carbocycles. The molecule has 134 valence electrons. The molecule has 8 nitrogen and oxygen atoms in total. The van der Waals surface area contributed by atoms with Crippen LogP contribution in [-0.2, 0) is 17.6 Å². The van der Waals surface area contributed by atoms with Crippen LogP contribution >= 0.6 is 11.3 Å². The van der Waals surface area contributed by atoms with Crippen LogP contribution in [0.15, 0.2) is 28.6 Å². The molecule has 9 heteroatoms. The van der Waals surface area contributed by atoms with Gasteiger partial charge >= 0.3 is 0 Å². The smallest absolute Gasteiger partial charge is 0.254 e. The fourth-order valence-corrected chi connectivity index (χ4v) is 3.25. The van der Waals surface area contributed by atoms with Crippen molar-refractivity contribution < 1.29 is 4.79 Å². The van der Waals surface area contributed by atoms with Crippen LogP contribution in [0.3, 0.4) is 0 Å². The minimum absolute atomic E-state index is 0.00855. The summed E-state index contributed by atoms with van der Waals surface area (Å²) in [5, 5.41) is 5.49. The Kier molecular flexibility index (Phi) is 5.47. The zero-order chi connectivity index (χ0) is 18.5. The number of nitrogens with zero attached hydrogens (tertiary/aromatic N) is 4. The normalized spacial score (nSPS) is 10.7. The standard InChI is InChI=1S/C17H18N6O2S/c1-10-13(16(25)22-11(2)21-10)8-14(24)18-7-4-12-9-26-17(23-12)15-19-5-3-6-20-15/h3,5-6,9H,4,7-8H2,1-2H3,(H,18,24)(H,21,22,25). The number of hydrogen-bond acceptors (Lipinski definition) is 7. The lowest BCUT2D eigenvalue weighted by molar-refractivity contribution is -0.120. The molecular formula is C17H18N6O2S.